The predicted molar refractivity (Wildman–Crippen MR) is 84.0 cm³/mol. The number of likely N-dealkylation sites (N-methyl/N-ethyl adjacent to an activating group) is 1. The Bertz CT molecular complexity index is 422. The van der Waals surface area contributed by atoms with Crippen LogP contribution in [-0.2, 0) is 11.2 Å². The van der Waals surface area contributed by atoms with Crippen molar-refractivity contribution in [2.75, 3.05) is 46.4 Å². The fraction of sp³-hybridized carbons (Fsp3) is 0.600. The van der Waals surface area contributed by atoms with Gasteiger partial charge in [-0.25, -0.2) is 0 Å². The van der Waals surface area contributed by atoms with Crippen LogP contribution in [0, 0.1) is 0 Å². The molecule has 1 atom stereocenters. The molecular weight excluding hydrogens is 320 g/mol. The van der Waals surface area contributed by atoms with E-state index in [4.69, 9.17) is 4.74 Å². The van der Waals surface area contributed by atoms with Crippen LogP contribution in [-0.4, -0.2) is 56.4 Å². The second kappa shape index (κ2) is 8.10. The zero-order valence-corrected chi connectivity index (χ0v) is 13.5. The molecule has 1 heterocycles. The summed E-state index contributed by atoms with van der Waals surface area (Å²) in [6.07, 6.45) is 0.563. The summed E-state index contributed by atoms with van der Waals surface area (Å²) in [7, 11) is 1.84. The Labute approximate surface area is 129 Å². The van der Waals surface area contributed by atoms with Crippen molar-refractivity contribution in [3.8, 4) is 0 Å². The molecule has 0 saturated carbocycles. The lowest BCUT2D eigenvalue weighted by molar-refractivity contribution is 0.0384. The van der Waals surface area contributed by atoms with Crippen LogP contribution in [0.25, 0.3) is 0 Å². The van der Waals surface area contributed by atoms with Gasteiger partial charge in [0.1, 0.15) is 0 Å². The largest absolute Gasteiger partial charge is 0.387 e. The Hall–Kier alpha value is -0.460. The molecule has 1 fully saturated rings. The van der Waals surface area contributed by atoms with Crippen LogP contribution in [0.2, 0.25) is 0 Å². The lowest BCUT2D eigenvalue weighted by atomic mass is 10.0. The molecule has 1 unspecified atom stereocenters. The summed E-state index contributed by atoms with van der Waals surface area (Å²) in [5.74, 6) is 0. The van der Waals surface area contributed by atoms with Crippen LogP contribution >= 0.6 is 15.9 Å². The van der Waals surface area contributed by atoms with Crippen molar-refractivity contribution in [1.82, 2.24) is 10.2 Å². The molecule has 1 aromatic carbocycles. The highest BCUT2D eigenvalue weighted by Crippen LogP contribution is 2.23. The molecule has 4 nitrogen and oxygen atoms in total. The first kappa shape index (κ1) is 15.9. The molecule has 20 heavy (non-hydrogen) atoms. The molecule has 112 valence electrons. The molecule has 1 aromatic rings. The third kappa shape index (κ3) is 4.53. The van der Waals surface area contributed by atoms with Crippen molar-refractivity contribution in [1.29, 1.82) is 0 Å². The topological polar surface area (TPSA) is 44.7 Å². The van der Waals surface area contributed by atoms with E-state index in [0.29, 0.717) is 6.54 Å². The Morgan fingerprint density at radius 2 is 2.15 bits per heavy atom. The maximum absolute atomic E-state index is 9.96. The first-order valence-corrected chi connectivity index (χ1v) is 7.91. The van der Waals surface area contributed by atoms with Gasteiger partial charge in [0.05, 0.1) is 19.3 Å². The van der Waals surface area contributed by atoms with E-state index in [1.807, 2.05) is 19.2 Å². The molecule has 0 amide bonds. The Kier molecular flexibility index (Phi) is 6.45. The lowest BCUT2D eigenvalue weighted by Crippen LogP contribution is -2.37. The summed E-state index contributed by atoms with van der Waals surface area (Å²) < 4.78 is 6.44. The molecule has 0 aromatic heterocycles. The molecule has 0 spiro atoms. The highest BCUT2D eigenvalue weighted by molar-refractivity contribution is 9.10. The number of ether oxygens (including phenoxy) is 1. The smallest absolute Gasteiger partial charge is 0.0914 e. The van der Waals surface area contributed by atoms with Crippen molar-refractivity contribution >= 4 is 15.9 Å². The molecule has 0 radical (unpaired) electrons. The van der Waals surface area contributed by atoms with Crippen LogP contribution in [0.3, 0.4) is 0 Å². The zero-order chi connectivity index (χ0) is 14.4. The van der Waals surface area contributed by atoms with Crippen LogP contribution < -0.4 is 5.32 Å². The Morgan fingerprint density at radius 3 is 2.80 bits per heavy atom. The van der Waals surface area contributed by atoms with E-state index in [2.05, 4.69) is 32.2 Å². The van der Waals surface area contributed by atoms with Gasteiger partial charge in [0.2, 0.25) is 0 Å². The van der Waals surface area contributed by atoms with E-state index >= 15 is 0 Å². The van der Waals surface area contributed by atoms with Crippen molar-refractivity contribution < 1.29 is 9.84 Å². The molecule has 1 saturated heterocycles. The zero-order valence-electron chi connectivity index (χ0n) is 11.9. The molecule has 2 N–H and O–H groups in total. The molecular formula is C15H23BrN2O2. The van der Waals surface area contributed by atoms with E-state index in [1.54, 1.807) is 0 Å². The van der Waals surface area contributed by atoms with Crippen LogP contribution in [0.1, 0.15) is 17.2 Å². The first-order chi connectivity index (χ1) is 9.70. The SMILES string of the molecule is CNCC(O)c1ccc(CCN2CCOCC2)c(Br)c1. The lowest BCUT2D eigenvalue weighted by Gasteiger charge is -2.26. The quantitative estimate of drug-likeness (QED) is 0.823. The van der Waals surface area contributed by atoms with Gasteiger partial charge in [0, 0.05) is 30.7 Å². The standard InChI is InChI=1S/C15H23BrN2O2/c1-17-11-15(19)13-3-2-12(14(16)10-13)4-5-18-6-8-20-9-7-18/h2-3,10,15,17,19H,4-9,11H2,1H3. The minimum atomic E-state index is -0.454. The second-order valence-corrected chi connectivity index (χ2v) is 5.98. The van der Waals surface area contributed by atoms with Gasteiger partial charge in [-0.05, 0) is 30.7 Å². The fourth-order valence-electron chi connectivity index (χ4n) is 2.39. The van der Waals surface area contributed by atoms with Gasteiger partial charge in [0.15, 0.2) is 0 Å². The highest BCUT2D eigenvalue weighted by atomic mass is 79.9. The number of benzene rings is 1. The molecule has 1 aliphatic heterocycles. The summed E-state index contributed by atoms with van der Waals surface area (Å²) in [6, 6.07) is 6.15. The van der Waals surface area contributed by atoms with Gasteiger partial charge in [0.25, 0.3) is 0 Å². The van der Waals surface area contributed by atoms with E-state index in [-0.39, 0.29) is 0 Å². The molecule has 0 aliphatic carbocycles. The van der Waals surface area contributed by atoms with Gasteiger partial charge in [-0.3, -0.25) is 4.90 Å². The van der Waals surface area contributed by atoms with Gasteiger partial charge < -0.3 is 15.2 Å². The van der Waals surface area contributed by atoms with Crippen molar-refractivity contribution in [3.05, 3.63) is 33.8 Å². The average molecular weight is 343 g/mol. The number of nitrogens with one attached hydrogen (secondary N) is 1. The molecule has 2 rings (SSSR count). The number of aliphatic hydroxyl groups is 1. The second-order valence-electron chi connectivity index (χ2n) is 5.13. The fourth-order valence-corrected chi connectivity index (χ4v) is 2.98. The summed E-state index contributed by atoms with van der Waals surface area (Å²) in [4.78, 5) is 2.43. The van der Waals surface area contributed by atoms with Crippen LogP contribution in [0.15, 0.2) is 22.7 Å². The molecule has 1 aliphatic rings. The highest BCUT2D eigenvalue weighted by Gasteiger charge is 2.12. The Balaban J connectivity index is 1.91. The van der Waals surface area contributed by atoms with Crippen molar-refractivity contribution in [3.63, 3.8) is 0 Å². The van der Waals surface area contributed by atoms with Crippen molar-refractivity contribution in [2.24, 2.45) is 0 Å². The summed E-state index contributed by atoms with van der Waals surface area (Å²) in [6.45, 7) is 5.36. The maximum Gasteiger partial charge on any atom is 0.0914 e. The number of hydrogen-bond donors (Lipinski definition) is 2. The number of hydrogen-bond acceptors (Lipinski definition) is 4. The molecule has 0 bridgehead atoms. The summed E-state index contributed by atoms with van der Waals surface area (Å²) >= 11 is 3.62. The van der Waals surface area contributed by atoms with E-state index in [9.17, 15) is 5.11 Å². The summed E-state index contributed by atoms with van der Waals surface area (Å²) in [5.41, 5.74) is 2.23. The van der Waals surface area contributed by atoms with Gasteiger partial charge in [-0.1, -0.05) is 28.1 Å². The maximum atomic E-state index is 9.96. The number of nitrogens with zero attached hydrogens (tertiary/aromatic N) is 1. The van der Waals surface area contributed by atoms with Crippen LogP contribution in [0.4, 0.5) is 0 Å². The number of aliphatic hydroxyl groups excluding tert-OH is 1. The minimum Gasteiger partial charge on any atom is -0.387 e. The average Bonchev–Trinajstić information content (AvgIpc) is 2.47. The van der Waals surface area contributed by atoms with E-state index < -0.39 is 6.10 Å². The van der Waals surface area contributed by atoms with Gasteiger partial charge in [-0.2, -0.15) is 0 Å². The van der Waals surface area contributed by atoms with Crippen LogP contribution in [0.5, 0.6) is 0 Å². The first-order valence-electron chi connectivity index (χ1n) is 7.12. The minimum absolute atomic E-state index is 0.454. The number of rotatable bonds is 6. The van der Waals surface area contributed by atoms with Gasteiger partial charge in [-0.15, -0.1) is 0 Å². The summed E-state index contributed by atoms with van der Waals surface area (Å²) in [5, 5.41) is 12.9. The normalized spacial score (nSPS) is 18.1. The van der Waals surface area contributed by atoms with E-state index in [1.165, 1.54) is 5.56 Å². The predicted octanol–water partition coefficient (Wildman–Crippen LogP) is 1.58. The Morgan fingerprint density at radius 1 is 1.40 bits per heavy atom. The molecule has 5 heteroatoms. The number of halogens is 1. The number of morpholine rings is 1. The van der Waals surface area contributed by atoms with Crippen molar-refractivity contribution in [2.45, 2.75) is 12.5 Å². The van der Waals surface area contributed by atoms with Gasteiger partial charge >= 0.3 is 0 Å². The third-order valence-corrected chi connectivity index (χ3v) is 4.40. The third-order valence-electron chi connectivity index (χ3n) is 3.66. The van der Waals surface area contributed by atoms with E-state index in [0.717, 1.165) is 49.3 Å². The monoisotopic (exact) mass is 342 g/mol.